The Hall–Kier alpha value is -0.810. The molecule has 70 valence electrons. The number of aliphatic hydroxyl groups excluding tert-OH is 1. The van der Waals surface area contributed by atoms with Crippen molar-refractivity contribution < 1.29 is 9.90 Å². The van der Waals surface area contributed by atoms with Gasteiger partial charge in [-0.2, -0.15) is 0 Å². The van der Waals surface area contributed by atoms with Crippen molar-refractivity contribution in [2.24, 2.45) is 5.73 Å². The molecule has 5 nitrogen and oxygen atoms in total. The summed E-state index contributed by atoms with van der Waals surface area (Å²) >= 11 is 0. The Labute approximate surface area is 71.5 Å². The quantitative estimate of drug-likeness (QED) is 0.486. The van der Waals surface area contributed by atoms with Crippen molar-refractivity contribution in [2.45, 2.75) is 12.5 Å². The number of rotatable bonds is 2. The normalized spacial score (nSPS) is 22.8. The summed E-state index contributed by atoms with van der Waals surface area (Å²) in [6.45, 7) is 2.02. The number of nitrogens with two attached hydrogens (primary N) is 1. The molecule has 0 aliphatic carbocycles. The van der Waals surface area contributed by atoms with Crippen LogP contribution in [0.5, 0.6) is 0 Å². The number of nitrogens with one attached hydrogen (secondary N) is 1. The van der Waals surface area contributed by atoms with E-state index in [0.717, 1.165) is 0 Å². The Balaban J connectivity index is 2.23. The second kappa shape index (κ2) is 4.27. The van der Waals surface area contributed by atoms with Crippen LogP contribution in [0.1, 0.15) is 6.42 Å². The van der Waals surface area contributed by atoms with E-state index in [1.165, 1.54) is 0 Å². The van der Waals surface area contributed by atoms with Crippen molar-refractivity contribution in [1.29, 1.82) is 0 Å². The highest BCUT2D eigenvalue weighted by Gasteiger charge is 2.23. The van der Waals surface area contributed by atoms with E-state index in [4.69, 9.17) is 10.8 Å². The molecule has 0 aromatic rings. The van der Waals surface area contributed by atoms with Crippen LogP contribution in [-0.4, -0.2) is 48.3 Å². The van der Waals surface area contributed by atoms with Gasteiger partial charge in [-0.05, 0) is 6.42 Å². The minimum absolute atomic E-state index is 0.128. The van der Waals surface area contributed by atoms with Crippen molar-refractivity contribution in [3.63, 3.8) is 0 Å². The zero-order valence-electron chi connectivity index (χ0n) is 6.99. The van der Waals surface area contributed by atoms with E-state index in [-0.39, 0.29) is 12.1 Å². The van der Waals surface area contributed by atoms with Gasteiger partial charge in [-0.1, -0.05) is 0 Å². The Morgan fingerprint density at radius 2 is 2.50 bits per heavy atom. The molecule has 0 radical (unpaired) electrons. The second-order valence-corrected chi connectivity index (χ2v) is 2.91. The van der Waals surface area contributed by atoms with E-state index in [1.807, 2.05) is 0 Å². The first-order chi connectivity index (χ1) is 5.74. The minimum Gasteiger partial charge on any atom is -0.391 e. The van der Waals surface area contributed by atoms with Crippen LogP contribution >= 0.6 is 0 Å². The van der Waals surface area contributed by atoms with E-state index >= 15 is 0 Å². The summed E-state index contributed by atoms with van der Waals surface area (Å²) in [6.07, 6.45) is 0.324. The fourth-order valence-electron chi connectivity index (χ4n) is 1.22. The smallest absolute Gasteiger partial charge is 0.317 e. The fourth-order valence-corrected chi connectivity index (χ4v) is 1.22. The zero-order chi connectivity index (χ0) is 8.97. The molecular formula is C7H15N3O2. The average molecular weight is 173 g/mol. The van der Waals surface area contributed by atoms with Crippen LogP contribution < -0.4 is 11.1 Å². The number of aliphatic hydroxyl groups is 1. The maximum atomic E-state index is 11.2. The van der Waals surface area contributed by atoms with Crippen LogP contribution in [0, 0.1) is 0 Å². The molecule has 0 bridgehead atoms. The Morgan fingerprint density at radius 1 is 1.75 bits per heavy atom. The van der Waals surface area contributed by atoms with Gasteiger partial charge in [-0.15, -0.1) is 0 Å². The lowest BCUT2D eigenvalue weighted by Gasteiger charge is -2.15. The number of hydrogen-bond donors (Lipinski definition) is 3. The summed E-state index contributed by atoms with van der Waals surface area (Å²) in [5, 5.41) is 11.8. The van der Waals surface area contributed by atoms with Crippen LogP contribution in [0.4, 0.5) is 4.79 Å². The largest absolute Gasteiger partial charge is 0.391 e. The van der Waals surface area contributed by atoms with Gasteiger partial charge in [0.15, 0.2) is 0 Å². The lowest BCUT2D eigenvalue weighted by molar-refractivity contribution is 0.172. The molecule has 1 heterocycles. The lowest BCUT2D eigenvalue weighted by Crippen LogP contribution is -2.40. The molecule has 0 spiro atoms. The highest BCUT2D eigenvalue weighted by atomic mass is 16.3. The second-order valence-electron chi connectivity index (χ2n) is 2.91. The summed E-state index contributed by atoms with van der Waals surface area (Å²) in [7, 11) is 0. The van der Waals surface area contributed by atoms with Crippen molar-refractivity contribution in [3.05, 3.63) is 0 Å². The SMILES string of the molecule is NCCNC(=O)N1CCC(O)C1. The number of carbonyl (C=O) groups excluding carboxylic acids is 1. The third-order valence-electron chi connectivity index (χ3n) is 1.87. The molecule has 1 saturated heterocycles. The number of nitrogens with zero attached hydrogens (tertiary/aromatic N) is 1. The molecular weight excluding hydrogens is 158 g/mol. The average Bonchev–Trinajstić information content (AvgIpc) is 2.47. The molecule has 2 amide bonds. The Bertz CT molecular complexity index is 163. The molecule has 0 saturated carbocycles. The predicted octanol–water partition coefficient (Wildman–Crippen LogP) is -1.28. The number of hydrogen-bond acceptors (Lipinski definition) is 3. The first-order valence-corrected chi connectivity index (χ1v) is 4.15. The topological polar surface area (TPSA) is 78.6 Å². The van der Waals surface area contributed by atoms with Gasteiger partial charge in [0.2, 0.25) is 0 Å². The molecule has 1 fully saturated rings. The maximum absolute atomic E-state index is 11.2. The molecule has 4 N–H and O–H groups in total. The van der Waals surface area contributed by atoms with E-state index in [1.54, 1.807) is 4.90 Å². The summed E-state index contributed by atoms with van der Waals surface area (Å²) in [5.74, 6) is 0. The number of β-amino-alcohol motifs (C(OH)–C–C–N with tert-alkyl or cyclic N) is 1. The van der Waals surface area contributed by atoms with Gasteiger partial charge in [-0.25, -0.2) is 4.79 Å². The van der Waals surface area contributed by atoms with Crippen molar-refractivity contribution in [2.75, 3.05) is 26.2 Å². The molecule has 1 atom stereocenters. The van der Waals surface area contributed by atoms with Crippen LogP contribution in [-0.2, 0) is 0 Å². The van der Waals surface area contributed by atoms with Crippen molar-refractivity contribution in [3.8, 4) is 0 Å². The van der Waals surface area contributed by atoms with E-state index in [0.29, 0.717) is 32.6 Å². The number of urea groups is 1. The first-order valence-electron chi connectivity index (χ1n) is 4.15. The Morgan fingerprint density at radius 3 is 3.00 bits per heavy atom. The molecule has 0 aromatic carbocycles. The first kappa shape index (κ1) is 9.28. The minimum atomic E-state index is -0.353. The third kappa shape index (κ3) is 2.35. The summed E-state index contributed by atoms with van der Waals surface area (Å²) < 4.78 is 0. The van der Waals surface area contributed by atoms with E-state index in [9.17, 15) is 4.79 Å². The van der Waals surface area contributed by atoms with Crippen LogP contribution in [0.2, 0.25) is 0 Å². The summed E-state index contributed by atoms with van der Waals surface area (Å²) in [6, 6.07) is -0.128. The van der Waals surface area contributed by atoms with Crippen LogP contribution in [0.15, 0.2) is 0 Å². The van der Waals surface area contributed by atoms with Gasteiger partial charge < -0.3 is 21.1 Å². The van der Waals surface area contributed by atoms with Gasteiger partial charge in [-0.3, -0.25) is 0 Å². The summed E-state index contributed by atoms with van der Waals surface area (Å²) in [4.78, 5) is 12.8. The molecule has 1 aliphatic heterocycles. The number of likely N-dealkylation sites (tertiary alicyclic amines) is 1. The number of carbonyl (C=O) groups is 1. The molecule has 0 aromatic heterocycles. The predicted molar refractivity (Wildman–Crippen MR) is 44.6 cm³/mol. The monoisotopic (exact) mass is 173 g/mol. The van der Waals surface area contributed by atoms with Crippen LogP contribution in [0.3, 0.4) is 0 Å². The van der Waals surface area contributed by atoms with Gasteiger partial charge in [0.05, 0.1) is 6.10 Å². The highest BCUT2D eigenvalue weighted by Crippen LogP contribution is 2.07. The molecule has 12 heavy (non-hydrogen) atoms. The van der Waals surface area contributed by atoms with Crippen LogP contribution in [0.25, 0.3) is 0 Å². The number of amides is 2. The summed E-state index contributed by atoms with van der Waals surface area (Å²) in [5.41, 5.74) is 5.22. The van der Waals surface area contributed by atoms with Gasteiger partial charge in [0.25, 0.3) is 0 Å². The lowest BCUT2D eigenvalue weighted by atomic mass is 10.3. The molecule has 1 unspecified atom stereocenters. The van der Waals surface area contributed by atoms with E-state index in [2.05, 4.69) is 5.32 Å². The maximum Gasteiger partial charge on any atom is 0.317 e. The Kier molecular flexibility index (Phi) is 3.31. The molecule has 1 aliphatic rings. The van der Waals surface area contributed by atoms with E-state index < -0.39 is 0 Å². The van der Waals surface area contributed by atoms with Crippen molar-refractivity contribution in [1.82, 2.24) is 10.2 Å². The van der Waals surface area contributed by atoms with Gasteiger partial charge in [0.1, 0.15) is 0 Å². The standard InChI is InChI=1S/C7H15N3O2/c8-2-3-9-7(12)10-4-1-6(11)5-10/h6,11H,1-5,8H2,(H,9,12). The van der Waals surface area contributed by atoms with Gasteiger partial charge >= 0.3 is 6.03 Å². The van der Waals surface area contributed by atoms with Crippen molar-refractivity contribution >= 4 is 6.03 Å². The molecule has 5 heteroatoms. The highest BCUT2D eigenvalue weighted by molar-refractivity contribution is 5.74. The zero-order valence-corrected chi connectivity index (χ0v) is 6.99. The van der Waals surface area contributed by atoms with Gasteiger partial charge in [0, 0.05) is 26.2 Å². The fraction of sp³-hybridized carbons (Fsp3) is 0.857. The third-order valence-corrected chi connectivity index (χ3v) is 1.87. The molecule has 1 rings (SSSR count).